The van der Waals surface area contributed by atoms with Crippen molar-refractivity contribution in [2.75, 3.05) is 0 Å². The molecular weight excluding hydrogens is 316 g/mol. The van der Waals surface area contributed by atoms with Crippen LogP contribution in [0.15, 0.2) is 11.6 Å². The van der Waals surface area contributed by atoms with Crippen molar-refractivity contribution in [3.8, 4) is 0 Å². The molecule has 0 radical (unpaired) electrons. The van der Waals surface area contributed by atoms with Gasteiger partial charge in [0.25, 0.3) is 0 Å². The third kappa shape index (κ3) is 2.43. The molecule has 7 atom stereocenters. The first-order valence-electron chi connectivity index (χ1n) is 9.85. The Morgan fingerprint density at radius 3 is 2.72 bits per heavy atom. The molecule has 3 fully saturated rings. The van der Waals surface area contributed by atoms with E-state index in [1.807, 2.05) is 6.08 Å². The number of hydrogen-bond donors (Lipinski definition) is 1. The van der Waals surface area contributed by atoms with Crippen LogP contribution < -0.4 is 0 Å². The molecule has 0 aromatic carbocycles. The molecule has 4 aliphatic rings. The van der Waals surface area contributed by atoms with Gasteiger partial charge in [-0.25, -0.2) is 0 Å². The molecule has 4 rings (SSSR count). The van der Waals surface area contributed by atoms with Gasteiger partial charge in [0.05, 0.1) is 6.10 Å². The summed E-state index contributed by atoms with van der Waals surface area (Å²) in [6.45, 7) is 6.03. The number of ketones is 1. The average molecular weight is 346 g/mol. The van der Waals surface area contributed by atoms with Crippen molar-refractivity contribution >= 4 is 11.8 Å². The van der Waals surface area contributed by atoms with Crippen LogP contribution in [0.5, 0.6) is 0 Å². The molecule has 4 heteroatoms. The molecule has 4 nitrogen and oxygen atoms in total. The number of aliphatic hydroxyl groups is 1. The summed E-state index contributed by atoms with van der Waals surface area (Å²) in [5, 5.41) is 10.9. The highest BCUT2D eigenvalue weighted by Gasteiger charge is 2.62. The fraction of sp³-hybridized carbons (Fsp3) is 0.810. The Hall–Kier alpha value is -1.16. The lowest BCUT2D eigenvalue weighted by Gasteiger charge is -2.58. The molecule has 0 aliphatic heterocycles. The van der Waals surface area contributed by atoms with Crippen molar-refractivity contribution in [1.82, 2.24) is 0 Å². The first-order valence-corrected chi connectivity index (χ1v) is 9.85. The lowest BCUT2D eigenvalue weighted by molar-refractivity contribution is -0.157. The number of ether oxygens (including phenoxy) is 1. The molecule has 0 aromatic heterocycles. The van der Waals surface area contributed by atoms with Crippen molar-refractivity contribution in [1.29, 1.82) is 0 Å². The normalized spacial score (nSPS) is 48.9. The first-order chi connectivity index (χ1) is 11.8. The van der Waals surface area contributed by atoms with E-state index in [2.05, 4.69) is 13.8 Å². The molecule has 138 valence electrons. The molecule has 7 unspecified atom stereocenters. The van der Waals surface area contributed by atoms with Gasteiger partial charge in [-0.3, -0.25) is 9.59 Å². The summed E-state index contributed by atoms with van der Waals surface area (Å²) in [6.07, 6.45) is 7.65. The van der Waals surface area contributed by atoms with Crippen LogP contribution in [0.3, 0.4) is 0 Å². The highest BCUT2D eigenvalue weighted by Crippen LogP contribution is 2.65. The molecule has 0 aromatic rings. The van der Waals surface area contributed by atoms with Gasteiger partial charge in [0.1, 0.15) is 6.10 Å². The number of esters is 1. The van der Waals surface area contributed by atoms with Crippen molar-refractivity contribution < 1.29 is 19.4 Å². The van der Waals surface area contributed by atoms with Crippen LogP contribution in [-0.2, 0) is 14.3 Å². The zero-order valence-corrected chi connectivity index (χ0v) is 15.6. The monoisotopic (exact) mass is 346 g/mol. The highest BCUT2D eigenvalue weighted by atomic mass is 16.5. The van der Waals surface area contributed by atoms with Crippen LogP contribution >= 0.6 is 0 Å². The van der Waals surface area contributed by atoms with E-state index in [1.165, 1.54) is 12.5 Å². The number of allylic oxidation sites excluding steroid dienone is 1. The van der Waals surface area contributed by atoms with Crippen molar-refractivity contribution in [2.45, 2.75) is 77.9 Å². The van der Waals surface area contributed by atoms with E-state index in [9.17, 15) is 14.7 Å². The van der Waals surface area contributed by atoms with Gasteiger partial charge in [-0.05, 0) is 61.3 Å². The Morgan fingerprint density at radius 1 is 1.24 bits per heavy atom. The number of carbonyl (C=O) groups is 2. The van der Waals surface area contributed by atoms with Gasteiger partial charge in [0.2, 0.25) is 0 Å². The molecule has 3 saturated carbocycles. The summed E-state index contributed by atoms with van der Waals surface area (Å²) in [4.78, 5) is 23.4. The lowest BCUT2D eigenvalue weighted by Crippen LogP contribution is -2.53. The van der Waals surface area contributed by atoms with E-state index in [-0.39, 0.29) is 40.7 Å². The van der Waals surface area contributed by atoms with Gasteiger partial charge >= 0.3 is 5.97 Å². The Balaban J connectivity index is 1.66. The summed E-state index contributed by atoms with van der Waals surface area (Å²) in [5.41, 5.74) is 1.34. The first kappa shape index (κ1) is 17.3. The molecule has 0 heterocycles. The van der Waals surface area contributed by atoms with Gasteiger partial charge in [0, 0.05) is 25.2 Å². The second kappa shape index (κ2) is 5.67. The second-order valence-corrected chi connectivity index (χ2v) is 9.33. The fourth-order valence-corrected chi connectivity index (χ4v) is 6.96. The number of aliphatic hydroxyl groups excluding tert-OH is 1. The van der Waals surface area contributed by atoms with Crippen molar-refractivity contribution in [3.05, 3.63) is 11.6 Å². The Bertz CT molecular complexity index is 638. The number of hydrogen-bond acceptors (Lipinski definition) is 4. The van der Waals surface area contributed by atoms with Gasteiger partial charge in [-0.1, -0.05) is 19.4 Å². The number of rotatable bonds is 1. The molecule has 0 bridgehead atoms. The minimum Gasteiger partial charge on any atom is -0.462 e. The zero-order chi connectivity index (χ0) is 18.0. The second-order valence-electron chi connectivity index (χ2n) is 9.33. The van der Waals surface area contributed by atoms with Gasteiger partial charge in [0.15, 0.2) is 5.78 Å². The van der Waals surface area contributed by atoms with Crippen LogP contribution in [0.4, 0.5) is 0 Å². The van der Waals surface area contributed by atoms with Crippen LogP contribution in [0.1, 0.15) is 65.7 Å². The maximum absolute atomic E-state index is 11.9. The standard InChI is InChI=1S/C21H30O4/c1-12(22)25-18-11-17(24)19-15-5-4-13-10-14(23)6-8-20(13,2)16(15)7-9-21(18,19)3/h10,15-19,24H,4-9,11H2,1-3H3. The van der Waals surface area contributed by atoms with Gasteiger partial charge in [-0.2, -0.15) is 0 Å². The Morgan fingerprint density at radius 2 is 2.00 bits per heavy atom. The summed E-state index contributed by atoms with van der Waals surface area (Å²) >= 11 is 0. The van der Waals surface area contributed by atoms with Crippen molar-refractivity contribution in [3.63, 3.8) is 0 Å². The van der Waals surface area contributed by atoms with Crippen LogP contribution in [0, 0.1) is 28.6 Å². The largest absolute Gasteiger partial charge is 0.462 e. The predicted octanol–water partition coefficient (Wildman–Crippen LogP) is 3.42. The molecule has 0 saturated heterocycles. The topological polar surface area (TPSA) is 63.6 Å². The minimum absolute atomic E-state index is 0.109. The van der Waals surface area contributed by atoms with E-state index in [4.69, 9.17) is 4.74 Å². The summed E-state index contributed by atoms with van der Waals surface area (Å²) in [5.74, 6) is 1.23. The molecule has 0 amide bonds. The van der Waals surface area contributed by atoms with E-state index >= 15 is 0 Å². The maximum Gasteiger partial charge on any atom is 0.302 e. The maximum atomic E-state index is 11.9. The van der Waals surface area contributed by atoms with E-state index in [0.29, 0.717) is 24.7 Å². The smallest absolute Gasteiger partial charge is 0.302 e. The van der Waals surface area contributed by atoms with Crippen LogP contribution in [0.2, 0.25) is 0 Å². The van der Waals surface area contributed by atoms with Crippen LogP contribution in [0.25, 0.3) is 0 Å². The predicted molar refractivity (Wildman–Crippen MR) is 93.7 cm³/mol. The fourth-order valence-electron chi connectivity index (χ4n) is 6.96. The SMILES string of the molecule is CC(=O)OC1CC(O)C2C3CCC4=CC(=O)CCC4(C)C3CCC12C. The van der Waals surface area contributed by atoms with Gasteiger partial charge < -0.3 is 9.84 Å². The molecule has 25 heavy (non-hydrogen) atoms. The van der Waals surface area contributed by atoms with E-state index in [1.54, 1.807) is 0 Å². The average Bonchev–Trinajstić information content (AvgIpc) is 2.78. The van der Waals surface area contributed by atoms with E-state index in [0.717, 1.165) is 32.1 Å². The molecule has 0 spiro atoms. The summed E-state index contributed by atoms with van der Waals surface area (Å²) < 4.78 is 5.62. The molecular formula is C21H30O4. The summed E-state index contributed by atoms with van der Waals surface area (Å²) in [7, 11) is 0. The Kier molecular flexibility index (Phi) is 3.91. The number of fused-ring (bicyclic) bond motifs is 5. The Labute approximate surface area is 150 Å². The molecule has 1 N–H and O–H groups in total. The number of carbonyl (C=O) groups excluding carboxylic acids is 2. The zero-order valence-electron chi connectivity index (χ0n) is 15.6. The van der Waals surface area contributed by atoms with Gasteiger partial charge in [-0.15, -0.1) is 0 Å². The van der Waals surface area contributed by atoms with Crippen molar-refractivity contribution in [2.24, 2.45) is 28.6 Å². The van der Waals surface area contributed by atoms with Crippen LogP contribution in [-0.4, -0.2) is 29.1 Å². The lowest BCUT2D eigenvalue weighted by atomic mass is 9.47. The summed E-state index contributed by atoms with van der Waals surface area (Å²) in [6, 6.07) is 0. The quantitative estimate of drug-likeness (QED) is 0.739. The third-order valence-corrected chi connectivity index (χ3v) is 8.17. The minimum atomic E-state index is -0.387. The molecule has 4 aliphatic carbocycles. The third-order valence-electron chi connectivity index (χ3n) is 8.17. The highest BCUT2D eigenvalue weighted by molar-refractivity contribution is 5.91. The van der Waals surface area contributed by atoms with E-state index < -0.39 is 0 Å².